The van der Waals surface area contributed by atoms with E-state index in [-0.39, 0.29) is 0 Å². The third kappa shape index (κ3) is 3.13. The third-order valence-electron chi connectivity index (χ3n) is 3.62. The van der Waals surface area contributed by atoms with Gasteiger partial charge < -0.3 is 4.57 Å². The van der Waals surface area contributed by atoms with E-state index in [9.17, 15) is 0 Å². The molecule has 0 fully saturated rings. The van der Waals surface area contributed by atoms with Gasteiger partial charge in [0.2, 0.25) is 0 Å². The average molecular weight is 350 g/mol. The van der Waals surface area contributed by atoms with Gasteiger partial charge in [-0.15, -0.1) is 15.3 Å². The zero-order valence-corrected chi connectivity index (χ0v) is 14.2. The molecular weight excluding hydrogens is 336 g/mol. The molecule has 4 rings (SSSR count). The van der Waals surface area contributed by atoms with Crippen molar-refractivity contribution in [3.63, 3.8) is 0 Å². The second-order valence-electron chi connectivity index (χ2n) is 5.24. The Bertz CT molecular complexity index is 964. The zero-order chi connectivity index (χ0) is 17.1. The number of hydrogen-bond donors (Lipinski definition) is 0. The molecule has 0 N–H and O–H groups in total. The fraction of sp³-hybridized carbons (Fsp3) is 0.125. The van der Waals surface area contributed by atoms with Crippen molar-refractivity contribution in [2.45, 2.75) is 10.9 Å². The van der Waals surface area contributed by atoms with Gasteiger partial charge in [0.05, 0.1) is 11.4 Å². The van der Waals surface area contributed by atoms with Gasteiger partial charge in [-0.1, -0.05) is 30.0 Å². The Morgan fingerprint density at radius 1 is 1.00 bits per heavy atom. The van der Waals surface area contributed by atoms with Crippen LogP contribution in [-0.4, -0.2) is 40.0 Å². The summed E-state index contributed by atoms with van der Waals surface area (Å²) in [5.41, 5.74) is 1.86. The van der Waals surface area contributed by atoms with Gasteiger partial charge in [0.1, 0.15) is 0 Å². The molecular formula is C16H14N8S. The van der Waals surface area contributed by atoms with Crippen LogP contribution in [0.25, 0.3) is 17.1 Å². The number of para-hydroxylation sites is 1. The van der Waals surface area contributed by atoms with Crippen molar-refractivity contribution >= 4 is 11.8 Å². The molecule has 0 unspecified atom stereocenters. The Kier molecular flexibility index (Phi) is 4.21. The molecule has 0 saturated heterocycles. The van der Waals surface area contributed by atoms with Crippen molar-refractivity contribution < 1.29 is 0 Å². The standard InChI is InChI=1S/C16H14N8S/c1-23-15(12-6-5-9-17-10-12)19-20-16(23)25-11-14-18-21-22-24(14)13-7-3-2-4-8-13/h2-10H,11H2,1H3. The van der Waals surface area contributed by atoms with Crippen molar-refractivity contribution in [2.24, 2.45) is 7.05 Å². The molecule has 0 amide bonds. The van der Waals surface area contributed by atoms with Crippen molar-refractivity contribution in [1.29, 1.82) is 0 Å². The second-order valence-corrected chi connectivity index (χ2v) is 6.18. The Morgan fingerprint density at radius 2 is 1.88 bits per heavy atom. The molecule has 0 spiro atoms. The van der Waals surface area contributed by atoms with E-state index in [1.54, 1.807) is 17.1 Å². The van der Waals surface area contributed by atoms with Gasteiger partial charge in [0.25, 0.3) is 0 Å². The van der Waals surface area contributed by atoms with E-state index in [0.717, 1.165) is 28.1 Å². The summed E-state index contributed by atoms with van der Waals surface area (Å²) in [6, 6.07) is 13.6. The fourth-order valence-corrected chi connectivity index (χ4v) is 3.20. The molecule has 1 aromatic carbocycles. The number of thioether (sulfide) groups is 1. The lowest BCUT2D eigenvalue weighted by Gasteiger charge is -2.05. The first kappa shape index (κ1) is 15.5. The Balaban J connectivity index is 1.54. The highest BCUT2D eigenvalue weighted by Gasteiger charge is 2.14. The van der Waals surface area contributed by atoms with Crippen LogP contribution in [0.1, 0.15) is 5.82 Å². The molecule has 3 heterocycles. The quantitative estimate of drug-likeness (QED) is 0.510. The van der Waals surface area contributed by atoms with E-state index in [2.05, 4.69) is 30.7 Å². The maximum absolute atomic E-state index is 4.26. The van der Waals surface area contributed by atoms with Crippen molar-refractivity contribution in [1.82, 2.24) is 40.0 Å². The molecule has 0 aliphatic carbocycles. The number of nitrogens with zero attached hydrogens (tertiary/aromatic N) is 8. The Hall–Kier alpha value is -3.07. The molecule has 9 heteroatoms. The molecule has 0 saturated carbocycles. The van der Waals surface area contributed by atoms with E-state index in [0.29, 0.717) is 5.75 Å². The Labute approximate surface area is 147 Å². The van der Waals surface area contributed by atoms with Crippen molar-refractivity contribution in [3.05, 3.63) is 60.7 Å². The molecule has 4 aromatic rings. The van der Waals surface area contributed by atoms with E-state index in [1.165, 1.54) is 11.8 Å². The number of rotatable bonds is 5. The minimum absolute atomic E-state index is 0.584. The van der Waals surface area contributed by atoms with Crippen LogP contribution in [0.2, 0.25) is 0 Å². The average Bonchev–Trinajstić information content (AvgIpc) is 3.28. The molecule has 0 aliphatic rings. The van der Waals surface area contributed by atoms with Crippen LogP contribution >= 0.6 is 11.8 Å². The number of benzene rings is 1. The van der Waals surface area contributed by atoms with E-state index in [1.807, 2.05) is 54.1 Å². The summed E-state index contributed by atoms with van der Waals surface area (Å²) in [4.78, 5) is 4.13. The molecule has 0 atom stereocenters. The third-order valence-corrected chi connectivity index (χ3v) is 4.64. The van der Waals surface area contributed by atoms with Crippen molar-refractivity contribution in [2.75, 3.05) is 0 Å². The summed E-state index contributed by atoms with van der Waals surface area (Å²) in [5.74, 6) is 2.11. The predicted octanol–water partition coefficient (Wildman–Crippen LogP) is 2.15. The first-order valence-electron chi connectivity index (χ1n) is 7.58. The lowest BCUT2D eigenvalue weighted by Crippen LogP contribution is -2.02. The molecule has 0 bridgehead atoms. The van der Waals surface area contributed by atoms with Crippen LogP contribution in [0.4, 0.5) is 0 Å². The Morgan fingerprint density at radius 3 is 2.68 bits per heavy atom. The summed E-state index contributed by atoms with van der Waals surface area (Å²) in [6.45, 7) is 0. The smallest absolute Gasteiger partial charge is 0.191 e. The predicted molar refractivity (Wildman–Crippen MR) is 92.9 cm³/mol. The molecule has 3 aromatic heterocycles. The number of aromatic nitrogens is 8. The van der Waals surface area contributed by atoms with Crippen LogP contribution in [0.3, 0.4) is 0 Å². The number of tetrazole rings is 1. The normalized spacial score (nSPS) is 10.9. The summed E-state index contributed by atoms with van der Waals surface area (Å²) in [7, 11) is 1.94. The SMILES string of the molecule is Cn1c(SCc2nnnn2-c2ccccc2)nnc1-c1cccnc1. The van der Waals surface area contributed by atoms with Crippen molar-refractivity contribution in [3.8, 4) is 17.1 Å². The molecule has 124 valence electrons. The van der Waals surface area contributed by atoms with Gasteiger partial charge in [0, 0.05) is 25.0 Å². The second kappa shape index (κ2) is 6.81. The first-order chi connectivity index (χ1) is 12.3. The van der Waals surface area contributed by atoms with E-state index >= 15 is 0 Å². The minimum Gasteiger partial charge on any atom is -0.305 e. The van der Waals surface area contributed by atoms with E-state index in [4.69, 9.17) is 0 Å². The topological polar surface area (TPSA) is 87.2 Å². The fourth-order valence-electron chi connectivity index (χ4n) is 2.38. The highest BCUT2D eigenvalue weighted by Crippen LogP contribution is 2.24. The highest BCUT2D eigenvalue weighted by molar-refractivity contribution is 7.98. The summed E-state index contributed by atoms with van der Waals surface area (Å²) < 4.78 is 3.67. The maximum atomic E-state index is 4.26. The lowest BCUT2D eigenvalue weighted by atomic mass is 10.3. The minimum atomic E-state index is 0.584. The van der Waals surface area contributed by atoms with Crippen LogP contribution < -0.4 is 0 Å². The number of hydrogen-bond acceptors (Lipinski definition) is 7. The monoisotopic (exact) mass is 350 g/mol. The van der Waals surface area contributed by atoms with Gasteiger partial charge in [0.15, 0.2) is 16.8 Å². The summed E-state index contributed by atoms with van der Waals surface area (Å²) in [6.07, 6.45) is 3.51. The van der Waals surface area contributed by atoms with Gasteiger partial charge >= 0.3 is 0 Å². The van der Waals surface area contributed by atoms with Crippen LogP contribution in [0.15, 0.2) is 60.0 Å². The van der Waals surface area contributed by atoms with Crippen LogP contribution in [-0.2, 0) is 12.8 Å². The lowest BCUT2D eigenvalue weighted by molar-refractivity contribution is 0.774. The van der Waals surface area contributed by atoms with Gasteiger partial charge in [-0.25, -0.2) is 0 Å². The largest absolute Gasteiger partial charge is 0.305 e. The van der Waals surface area contributed by atoms with Gasteiger partial charge in [-0.05, 0) is 34.7 Å². The van der Waals surface area contributed by atoms with Gasteiger partial charge in [-0.2, -0.15) is 4.68 Å². The molecule has 25 heavy (non-hydrogen) atoms. The molecule has 0 aliphatic heterocycles. The summed E-state index contributed by atoms with van der Waals surface area (Å²) >= 11 is 1.53. The first-order valence-corrected chi connectivity index (χ1v) is 8.57. The van der Waals surface area contributed by atoms with Crippen LogP contribution in [0, 0.1) is 0 Å². The van der Waals surface area contributed by atoms with E-state index < -0.39 is 0 Å². The number of pyridine rings is 1. The maximum Gasteiger partial charge on any atom is 0.191 e. The highest BCUT2D eigenvalue weighted by atomic mass is 32.2. The van der Waals surface area contributed by atoms with Crippen LogP contribution in [0.5, 0.6) is 0 Å². The molecule has 8 nitrogen and oxygen atoms in total. The molecule has 0 radical (unpaired) electrons. The zero-order valence-electron chi connectivity index (χ0n) is 13.4. The summed E-state index contributed by atoms with van der Waals surface area (Å²) in [5, 5.41) is 21.3. The van der Waals surface area contributed by atoms with Gasteiger partial charge in [-0.3, -0.25) is 4.98 Å².